The van der Waals surface area contributed by atoms with Gasteiger partial charge in [-0.25, -0.2) is 0 Å². The Morgan fingerprint density at radius 2 is 0.750 bits per heavy atom. The summed E-state index contributed by atoms with van der Waals surface area (Å²) in [5, 5.41) is 0. The lowest BCUT2D eigenvalue weighted by molar-refractivity contribution is 1.33. The average Bonchev–Trinajstić information content (AvgIpc) is 2.71. The fourth-order valence-electron chi connectivity index (χ4n) is 2.43. The third-order valence-electron chi connectivity index (χ3n) is 3.65. The summed E-state index contributed by atoms with van der Waals surface area (Å²) in [5.41, 5.74) is 4.93. The predicted octanol–water partition coefficient (Wildman–Crippen LogP) is 6.10. The highest BCUT2D eigenvalue weighted by Gasteiger charge is 1.93. The number of hydrogen-bond donors (Lipinski definition) is 0. The standard InChI is InChI=1S/C12H10.C11H9N/c1-3-7-11(8-4-1)12-9-5-2-6-10-12;1-2-5-10(6-3-1)11-7-4-8-12-9-11/h1-10H;1-9H. The van der Waals surface area contributed by atoms with Gasteiger partial charge in [0.1, 0.15) is 0 Å². The van der Waals surface area contributed by atoms with Gasteiger partial charge in [0.2, 0.25) is 0 Å². The van der Waals surface area contributed by atoms with E-state index in [4.69, 9.17) is 0 Å². The molecule has 1 nitrogen and oxygen atoms in total. The Hall–Kier alpha value is -3.19. The van der Waals surface area contributed by atoms with E-state index in [0.717, 1.165) is 5.56 Å². The van der Waals surface area contributed by atoms with E-state index in [1.165, 1.54) is 16.7 Å². The van der Waals surface area contributed by atoms with Crippen LogP contribution in [-0.2, 0) is 0 Å². The van der Waals surface area contributed by atoms with Crippen LogP contribution < -0.4 is 0 Å². The summed E-state index contributed by atoms with van der Waals surface area (Å²) in [6.45, 7) is 0. The maximum absolute atomic E-state index is 4.06. The van der Waals surface area contributed by atoms with Gasteiger partial charge in [-0.15, -0.1) is 0 Å². The molecule has 0 unspecified atom stereocenters. The minimum Gasteiger partial charge on any atom is -0.264 e. The van der Waals surface area contributed by atoms with E-state index in [-0.39, 0.29) is 0 Å². The van der Waals surface area contributed by atoms with Gasteiger partial charge in [0.15, 0.2) is 0 Å². The van der Waals surface area contributed by atoms with Crippen molar-refractivity contribution in [2.24, 2.45) is 0 Å². The Kier molecular flexibility index (Phi) is 5.52. The van der Waals surface area contributed by atoms with Crippen LogP contribution in [0.4, 0.5) is 0 Å². The second-order valence-corrected chi connectivity index (χ2v) is 5.34. The second-order valence-electron chi connectivity index (χ2n) is 5.34. The molecule has 0 aliphatic rings. The van der Waals surface area contributed by atoms with Crippen LogP contribution in [0.25, 0.3) is 22.3 Å². The summed E-state index contributed by atoms with van der Waals surface area (Å²) >= 11 is 0. The first-order chi connectivity index (χ1) is 11.9. The third-order valence-corrected chi connectivity index (χ3v) is 3.65. The van der Waals surface area contributed by atoms with Crippen molar-refractivity contribution in [1.82, 2.24) is 4.98 Å². The van der Waals surface area contributed by atoms with Gasteiger partial charge in [0, 0.05) is 12.4 Å². The van der Waals surface area contributed by atoms with E-state index in [1.807, 2.05) is 42.6 Å². The molecule has 0 fully saturated rings. The predicted molar refractivity (Wildman–Crippen MR) is 102 cm³/mol. The van der Waals surface area contributed by atoms with Crippen molar-refractivity contribution >= 4 is 0 Å². The van der Waals surface area contributed by atoms with Crippen molar-refractivity contribution < 1.29 is 0 Å². The van der Waals surface area contributed by atoms with Gasteiger partial charge in [0.05, 0.1) is 0 Å². The normalized spacial score (nSPS) is 9.67. The summed E-state index contributed by atoms with van der Waals surface area (Å²) in [6, 6.07) is 35.0. The molecule has 0 atom stereocenters. The van der Waals surface area contributed by atoms with Gasteiger partial charge < -0.3 is 0 Å². The molecule has 0 spiro atoms. The zero-order valence-electron chi connectivity index (χ0n) is 13.4. The number of pyridine rings is 1. The molecule has 116 valence electrons. The van der Waals surface area contributed by atoms with Crippen LogP contribution in [0.1, 0.15) is 0 Å². The van der Waals surface area contributed by atoms with E-state index < -0.39 is 0 Å². The first kappa shape index (κ1) is 15.7. The van der Waals surface area contributed by atoms with Crippen LogP contribution in [-0.4, -0.2) is 4.98 Å². The van der Waals surface area contributed by atoms with Gasteiger partial charge in [-0.3, -0.25) is 4.98 Å². The molecule has 3 aromatic carbocycles. The second kappa shape index (κ2) is 8.44. The zero-order valence-corrected chi connectivity index (χ0v) is 13.4. The first-order valence-electron chi connectivity index (χ1n) is 7.99. The minimum absolute atomic E-state index is 1.16. The van der Waals surface area contributed by atoms with Crippen molar-refractivity contribution in [1.29, 1.82) is 0 Å². The monoisotopic (exact) mass is 309 g/mol. The highest BCUT2D eigenvalue weighted by Crippen LogP contribution is 2.17. The van der Waals surface area contributed by atoms with Crippen molar-refractivity contribution in [3.8, 4) is 22.3 Å². The number of rotatable bonds is 2. The van der Waals surface area contributed by atoms with E-state index in [0.29, 0.717) is 0 Å². The first-order valence-corrected chi connectivity index (χ1v) is 7.99. The van der Waals surface area contributed by atoms with Crippen molar-refractivity contribution in [2.45, 2.75) is 0 Å². The number of hydrogen-bond acceptors (Lipinski definition) is 1. The van der Waals surface area contributed by atoms with E-state index in [2.05, 4.69) is 71.7 Å². The highest BCUT2D eigenvalue weighted by atomic mass is 14.6. The molecule has 1 heteroatoms. The van der Waals surface area contributed by atoms with Crippen LogP contribution in [0.3, 0.4) is 0 Å². The molecule has 0 aliphatic carbocycles. The molecule has 0 bridgehead atoms. The molecule has 4 aromatic rings. The lowest BCUT2D eigenvalue weighted by Crippen LogP contribution is -1.76. The zero-order chi connectivity index (χ0) is 16.5. The fourth-order valence-corrected chi connectivity index (χ4v) is 2.43. The van der Waals surface area contributed by atoms with Crippen LogP contribution in [0, 0.1) is 0 Å². The average molecular weight is 309 g/mol. The Morgan fingerprint density at radius 1 is 0.375 bits per heavy atom. The number of aromatic nitrogens is 1. The molecular weight excluding hydrogens is 290 g/mol. The summed E-state index contributed by atoms with van der Waals surface area (Å²) in [5.74, 6) is 0. The van der Waals surface area contributed by atoms with Crippen LogP contribution >= 0.6 is 0 Å². The van der Waals surface area contributed by atoms with Gasteiger partial charge in [-0.05, 0) is 28.3 Å². The smallest absolute Gasteiger partial charge is 0.0346 e. The SMILES string of the molecule is c1ccc(-c2ccccc2)cc1.c1ccc(-c2cccnc2)cc1. The van der Waals surface area contributed by atoms with E-state index >= 15 is 0 Å². The maximum atomic E-state index is 4.06. The number of nitrogens with zero attached hydrogens (tertiary/aromatic N) is 1. The molecule has 24 heavy (non-hydrogen) atoms. The highest BCUT2D eigenvalue weighted by molar-refractivity contribution is 5.63. The molecule has 0 saturated heterocycles. The fraction of sp³-hybridized carbons (Fsp3) is 0. The maximum Gasteiger partial charge on any atom is 0.0346 e. The molecule has 1 heterocycles. The largest absolute Gasteiger partial charge is 0.264 e. The van der Waals surface area contributed by atoms with Crippen LogP contribution in [0.2, 0.25) is 0 Å². The molecule has 1 aromatic heterocycles. The summed E-state index contributed by atoms with van der Waals surface area (Å²) < 4.78 is 0. The molecular formula is C23H19N. The summed E-state index contributed by atoms with van der Waals surface area (Å²) in [7, 11) is 0. The molecule has 4 rings (SSSR count). The Balaban J connectivity index is 0.000000141. The Morgan fingerprint density at radius 3 is 1.12 bits per heavy atom. The Bertz CT molecular complexity index is 676. The van der Waals surface area contributed by atoms with Gasteiger partial charge in [-0.1, -0.05) is 97.1 Å². The van der Waals surface area contributed by atoms with Crippen LogP contribution in [0.5, 0.6) is 0 Å². The molecule has 0 amide bonds. The Labute approximate surface area is 143 Å². The lowest BCUT2D eigenvalue weighted by Gasteiger charge is -1.98. The van der Waals surface area contributed by atoms with Crippen molar-refractivity contribution in [3.63, 3.8) is 0 Å². The molecule has 0 N–H and O–H groups in total. The summed E-state index contributed by atoms with van der Waals surface area (Å²) in [6.07, 6.45) is 3.65. The van der Waals surface area contributed by atoms with E-state index in [9.17, 15) is 0 Å². The van der Waals surface area contributed by atoms with Crippen molar-refractivity contribution in [3.05, 3.63) is 116 Å². The molecule has 0 saturated carbocycles. The third kappa shape index (κ3) is 4.40. The number of benzene rings is 3. The van der Waals surface area contributed by atoms with Crippen LogP contribution in [0.15, 0.2) is 116 Å². The lowest BCUT2D eigenvalue weighted by atomic mass is 10.1. The minimum atomic E-state index is 1.16. The molecule has 0 aliphatic heterocycles. The van der Waals surface area contributed by atoms with Gasteiger partial charge >= 0.3 is 0 Å². The topological polar surface area (TPSA) is 12.9 Å². The molecule has 0 radical (unpaired) electrons. The van der Waals surface area contributed by atoms with Gasteiger partial charge in [-0.2, -0.15) is 0 Å². The van der Waals surface area contributed by atoms with E-state index in [1.54, 1.807) is 6.20 Å². The van der Waals surface area contributed by atoms with Crippen molar-refractivity contribution in [2.75, 3.05) is 0 Å². The quantitative estimate of drug-likeness (QED) is 0.436. The summed E-state index contributed by atoms with van der Waals surface area (Å²) in [4.78, 5) is 4.06. The van der Waals surface area contributed by atoms with Gasteiger partial charge in [0.25, 0.3) is 0 Å².